The number of halogens is 2. The molecule has 0 unspecified atom stereocenters. The molecule has 2 aromatic rings. The van der Waals surface area contributed by atoms with E-state index in [9.17, 15) is 13.6 Å². The van der Waals surface area contributed by atoms with Gasteiger partial charge in [-0.2, -0.15) is 5.10 Å². The normalized spacial score (nSPS) is 12.3. The van der Waals surface area contributed by atoms with Crippen molar-refractivity contribution < 1.29 is 13.6 Å². The summed E-state index contributed by atoms with van der Waals surface area (Å²) in [4.78, 5) is 11.5. The van der Waals surface area contributed by atoms with Gasteiger partial charge in [-0.05, 0) is 5.56 Å². The number of nitrogens with zero attached hydrogens (tertiary/aromatic N) is 2. The third-order valence-electron chi connectivity index (χ3n) is 2.68. The summed E-state index contributed by atoms with van der Waals surface area (Å²) in [7, 11) is 0. The van der Waals surface area contributed by atoms with Crippen molar-refractivity contribution >= 4 is 11.7 Å². The van der Waals surface area contributed by atoms with Gasteiger partial charge in [-0.1, -0.05) is 30.3 Å². The number of hydrogen-bond donors (Lipinski definition) is 2. The maximum absolute atomic E-state index is 12.2. The molecular weight excluding hydrogens is 266 g/mol. The molecule has 1 aromatic heterocycles. The summed E-state index contributed by atoms with van der Waals surface area (Å²) in [6, 6.07) is 9.63. The van der Waals surface area contributed by atoms with Crippen LogP contribution in [0.5, 0.6) is 0 Å². The van der Waals surface area contributed by atoms with Crippen molar-refractivity contribution in [1.29, 1.82) is 0 Å². The largest absolute Gasteiger partial charge is 0.368 e. The first-order valence-corrected chi connectivity index (χ1v) is 5.98. The molecule has 0 fully saturated rings. The molecule has 0 bridgehead atoms. The Morgan fingerprint density at radius 3 is 2.60 bits per heavy atom. The minimum atomic E-state index is -2.48. The number of alkyl halides is 2. The predicted molar refractivity (Wildman–Crippen MR) is 70.2 cm³/mol. The molecule has 1 atom stereocenters. The lowest BCUT2D eigenvalue weighted by Gasteiger charge is -2.15. The number of anilines is 1. The van der Waals surface area contributed by atoms with Crippen LogP contribution in [0.15, 0.2) is 42.6 Å². The second-order valence-electron chi connectivity index (χ2n) is 4.20. The first-order valence-electron chi connectivity index (χ1n) is 5.98. The van der Waals surface area contributed by atoms with Crippen LogP contribution in [0, 0.1) is 0 Å². The Morgan fingerprint density at radius 2 is 2.00 bits per heavy atom. The van der Waals surface area contributed by atoms with E-state index in [1.165, 1.54) is 12.3 Å². The first-order chi connectivity index (χ1) is 9.56. The summed E-state index contributed by atoms with van der Waals surface area (Å²) in [5.74, 6) is -0.252. The fourth-order valence-electron chi connectivity index (χ4n) is 1.79. The minimum Gasteiger partial charge on any atom is -0.368 e. The number of carbonyl (C=O) groups is 1. The van der Waals surface area contributed by atoms with Gasteiger partial charge in [0.2, 0.25) is 5.91 Å². The maximum Gasteiger partial charge on any atom is 0.257 e. The highest BCUT2D eigenvalue weighted by molar-refractivity contribution is 5.84. The van der Waals surface area contributed by atoms with Gasteiger partial charge in [0.15, 0.2) is 0 Å². The molecule has 0 saturated heterocycles. The van der Waals surface area contributed by atoms with E-state index in [0.29, 0.717) is 11.4 Å². The summed E-state index contributed by atoms with van der Waals surface area (Å²) in [5, 5.41) is 6.75. The Labute approximate surface area is 114 Å². The van der Waals surface area contributed by atoms with Crippen LogP contribution in [-0.2, 0) is 11.3 Å². The molecule has 1 heterocycles. The van der Waals surface area contributed by atoms with Gasteiger partial charge in [0.25, 0.3) is 6.43 Å². The van der Waals surface area contributed by atoms with Gasteiger partial charge in [0.05, 0.1) is 0 Å². The lowest BCUT2D eigenvalue weighted by atomic mass is 10.1. The van der Waals surface area contributed by atoms with Gasteiger partial charge in [-0.25, -0.2) is 8.78 Å². The SMILES string of the molecule is NC(=O)[C@H](Nc1ccn(CC(F)F)n1)c1ccccc1. The summed E-state index contributed by atoms with van der Waals surface area (Å²) in [5.41, 5.74) is 6.03. The third kappa shape index (κ3) is 3.53. The number of rotatable bonds is 6. The van der Waals surface area contributed by atoms with Crippen molar-refractivity contribution in [2.45, 2.75) is 19.0 Å². The molecule has 106 valence electrons. The van der Waals surface area contributed by atoms with Gasteiger partial charge >= 0.3 is 0 Å². The average molecular weight is 280 g/mol. The van der Waals surface area contributed by atoms with Crippen LogP contribution >= 0.6 is 0 Å². The van der Waals surface area contributed by atoms with E-state index in [4.69, 9.17) is 5.73 Å². The molecule has 5 nitrogen and oxygen atoms in total. The zero-order chi connectivity index (χ0) is 14.5. The van der Waals surface area contributed by atoms with Gasteiger partial charge in [0, 0.05) is 12.3 Å². The van der Waals surface area contributed by atoms with Crippen LogP contribution in [0.2, 0.25) is 0 Å². The van der Waals surface area contributed by atoms with Crippen molar-refractivity contribution in [3.05, 3.63) is 48.2 Å². The Balaban J connectivity index is 2.13. The molecule has 7 heteroatoms. The Bertz CT molecular complexity index is 571. The van der Waals surface area contributed by atoms with E-state index in [-0.39, 0.29) is 0 Å². The highest BCUT2D eigenvalue weighted by atomic mass is 19.3. The predicted octanol–water partition coefficient (Wildman–Crippen LogP) is 1.79. The van der Waals surface area contributed by atoms with Crippen molar-refractivity contribution in [2.24, 2.45) is 5.73 Å². The molecule has 20 heavy (non-hydrogen) atoms. The van der Waals surface area contributed by atoms with Crippen LogP contribution in [0.1, 0.15) is 11.6 Å². The molecule has 0 aliphatic heterocycles. The first kappa shape index (κ1) is 14.0. The quantitative estimate of drug-likeness (QED) is 0.847. The van der Waals surface area contributed by atoms with Gasteiger partial charge in [0.1, 0.15) is 18.4 Å². The number of nitrogens with one attached hydrogen (secondary N) is 1. The van der Waals surface area contributed by atoms with Crippen LogP contribution < -0.4 is 11.1 Å². The van der Waals surface area contributed by atoms with Gasteiger partial charge < -0.3 is 11.1 Å². The molecule has 3 N–H and O–H groups in total. The summed E-state index contributed by atoms with van der Waals surface area (Å²) in [6.45, 7) is -0.492. The minimum absolute atomic E-state index is 0.318. The van der Waals surface area contributed by atoms with E-state index in [2.05, 4.69) is 10.4 Å². The Hall–Kier alpha value is -2.44. The number of benzene rings is 1. The van der Waals surface area contributed by atoms with Gasteiger partial charge in [-0.15, -0.1) is 0 Å². The molecule has 0 aliphatic carbocycles. The topological polar surface area (TPSA) is 72.9 Å². The van der Waals surface area contributed by atoms with Crippen LogP contribution in [0.4, 0.5) is 14.6 Å². The number of aromatic nitrogens is 2. The maximum atomic E-state index is 12.2. The average Bonchev–Trinajstić information content (AvgIpc) is 2.83. The van der Waals surface area contributed by atoms with Crippen LogP contribution in [0.25, 0.3) is 0 Å². The Morgan fingerprint density at radius 1 is 1.30 bits per heavy atom. The molecule has 0 radical (unpaired) electrons. The lowest BCUT2D eigenvalue weighted by molar-refractivity contribution is -0.118. The molecular formula is C13H14F2N4O. The molecule has 1 aromatic carbocycles. The summed E-state index contributed by atoms with van der Waals surface area (Å²) < 4.78 is 25.6. The highest BCUT2D eigenvalue weighted by Crippen LogP contribution is 2.18. The summed E-state index contributed by atoms with van der Waals surface area (Å²) in [6.07, 6.45) is -1.07. The standard InChI is InChI=1S/C13H14F2N4O/c14-10(15)8-19-7-6-11(18-19)17-12(13(16)20)9-4-2-1-3-5-9/h1-7,10,12H,8H2,(H2,16,20)(H,17,18)/t12-/m1/s1. The monoisotopic (exact) mass is 280 g/mol. The molecule has 0 spiro atoms. The molecule has 0 aliphatic rings. The third-order valence-corrected chi connectivity index (χ3v) is 2.68. The van der Waals surface area contributed by atoms with Crippen molar-refractivity contribution in [3.63, 3.8) is 0 Å². The van der Waals surface area contributed by atoms with E-state index in [1.54, 1.807) is 24.3 Å². The Kier molecular flexibility index (Phi) is 4.29. The van der Waals surface area contributed by atoms with E-state index < -0.39 is 24.9 Å². The van der Waals surface area contributed by atoms with Crippen molar-refractivity contribution in [3.8, 4) is 0 Å². The second kappa shape index (κ2) is 6.14. The lowest BCUT2D eigenvalue weighted by Crippen LogP contribution is -2.27. The smallest absolute Gasteiger partial charge is 0.257 e. The highest BCUT2D eigenvalue weighted by Gasteiger charge is 2.18. The van der Waals surface area contributed by atoms with Crippen LogP contribution in [-0.4, -0.2) is 22.1 Å². The zero-order valence-electron chi connectivity index (χ0n) is 10.5. The second-order valence-corrected chi connectivity index (χ2v) is 4.20. The fraction of sp³-hybridized carbons (Fsp3) is 0.231. The molecule has 2 rings (SSSR count). The van der Waals surface area contributed by atoms with Crippen LogP contribution in [0.3, 0.4) is 0 Å². The zero-order valence-corrected chi connectivity index (χ0v) is 10.5. The van der Waals surface area contributed by atoms with E-state index in [0.717, 1.165) is 4.68 Å². The molecule has 0 saturated carbocycles. The fourth-order valence-corrected chi connectivity index (χ4v) is 1.79. The van der Waals surface area contributed by atoms with E-state index in [1.807, 2.05) is 6.07 Å². The van der Waals surface area contributed by atoms with Gasteiger partial charge in [-0.3, -0.25) is 9.48 Å². The summed E-state index contributed by atoms with van der Waals surface area (Å²) >= 11 is 0. The number of hydrogen-bond acceptors (Lipinski definition) is 3. The molecule has 1 amide bonds. The van der Waals surface area contributed by atoms with Crippen molar-refractivity contribution in [1.82, 2.24) is 9.78 Å². The van der Waals surface area contributed by atoms with E-state index >= 15 is 0 Å². The van der Waals surface area contributed by atoms with Crippen molar-refractivity contribution in [2.75, 3.05) is 5.32 Å². The number of primary amides is 1. The number of nitrogens with two attached hydrogens (primary N) is 1. The number of amides is 1. The number of carbonyl (C=O) groups excluding carboxylic acids is 1.